The van der Waals surface area contributed by atoms with Gasteiger partial charge in [0.25, 0.3) is 5.91 Å². The van der Waals surface area contributed by atoms with Crippen molar-refractivity contribution in [2.75, 3.05) is 13.2 Å². The molecule has 1 saturated heterocycles. The topological polar surface area (TPSA) is 47.4 Å². The average molecular weight is 534 g/mol. The number of amides is 1. The molecule has 5 nitrogen and oxygen atoms in total. The van der Waals surface area contributed by atoms with E-state index in [0.717, 1.165) is 47.5 Å². The molecular formula is C30H35N3O2S2. The number of thioether (sulfide) groups is 1. The van der Waals surface area contributed by atoms with E-state index >= 15 is 0 Å². The predicted octanol–water partition coefficient (Wildman–Crippen LogP) is 7.89. The second kappa shape index (κ2) is 13.6. The van der Waals surface area contributed by atoms with Crippen molar-refractivity contribution in [3.63, 3.8) is 0 Å². The van der Waals surface area contributed by atoms with Crippen LogP contribution in [-0.4, -0.2) is 38.1 Å². The van der Waals surface area contributed by atoms with Gasteiger partial charge in [-0.3, -0.25) is 9.69 Å². The van der Waals surface area contributed by atoms with Crippen LogP contribution in [0.25, 0.3) is 23.0 Å². The number of benzene rings is 2. The van der Waals surface area contributed by atoms with Crippen molar-refractivity contribution < 1.29 is 9.53 Å². The molecule has 0 N–H and O–H groups in total. The summed E-state index contributed by atoms with van der Waals surface area (Å²) in [7, 11) is 0. The van der Waals surface area contributed by atoms with Crippen LogP contribution in [0.1, 0.15) is 64.4 Å². The highest BCUT2D eigenvalue weighted by molar-refractivity contribution is 8.26. The molecule has 1 aromatic heterocycles. The summed E-state index contributed by atoms with van der Waals surface area (Å²) in [5.41, 5.74) is 3.57. The number of unbranched alkanes of at least 4 members (excludes halogenated alkanes) is 5. The van der Waals surface area contributed by atoms with Gasteiger partial charge in [0.1, 0.15) is 15.8 Å². The van der Waals surface area contributed by atoms with Crippen LogP contribution in [0, 0.1) is 0 Å². The SMILES string of the molecule is CCCCCCCCN1C(=O)C(=Cc2cn(-c3ccccc3)nc2-c2cccc(OCCC)c2)SC1=S. The molecule has 0 atom stereocenters. The number of carbonyl (C=O) groups excluding carboxylic acids is 1. The van der Waals surface area contributed by atoms with E-state index in [1.54, 1.807) is 4.90 Å². The second-order valence-corrected chi connectivity index (χ2v) is 10.9. The first-order valence-corrected chi connectivity index (χ1v) is 14.5. The zero-order valence-electron chi connectivity index (χ0n) is 21.7. The van der Waals surface area contributed by atoms with E-state index in [2.05, 4.69) is 13.8 Å². The van der Waals surface area contributed by atoms with Crippen LogP contribution in [0.2, 0.25) is 0 Å². The van der Waals surface area contributed by atoms with E-state index in [1.165, 1.54) is 37.4 Å². The summed E-state index contributed by atoms with van der Waals surface area (Å²) in [6, 6.07) is 18.0. The van der Waals surface area contributed by atoms with Crippen molar-refractivity contribution in [1.82, 2.24) is 14.7 Å². The standard InChI is InChI=1S/C30H35N3O2S2/c1-3-5-6-7-8-12-18-32-29(34)27(37-30(32)36)21-24-22-33(25-15-10-9-11-16-25)31-28(24)23-14-13-17-26(20-23)35-19-4-2/h9-11,13-17,20-22H,3-8,12,18-19H2,1-2H3. The van der Waals surface area contributed by atoms with Gasteiger partial charge >= 0.3 is 0 Å². The summed E-state index contributed by atoms with van der Waals surface area (Å²) in [6.45, 7) is 5.65. The fraction of sp³-hybridized carbons (Fsp3) is 0.367. The number of ether oxygens (including phenoxy) is 1. The quantitative estimate of drug-likeness (QED) is 0.127. The molecule has 0 spiro atoms. The van der Waals surface area contributed by atoms with Crippen molar-refractivity contribution in [3.05, 3.63) is 71.3 Å². The molecule has 1 aliphatic rings. The van der Waals surface area contributed by atoms with Gasteiger partial charge in [0.15, 0.2) is 0 Å². The third-order valence-electron chi connectivity index (χ3n) is 6.24. The fourth-order valence-electron chi connectivity index (χ4n) is 4.27. The molecule has 1 amide bonds. The Hall–Kier alpha value is -2.90. The Morgan fingerprint density at radius 3 is 2.54 bits per heavy atom. The molecule has 0 bridgehead atoms. The zero-order chi connectivity index (χ0) is 26.0. The van der Waals surface area contributed by atoms with E-state index in [9.17, 15) is 4.79 Å². The molecule has 0 unspecified atom stereocenters. The Labute approximate surface area is 229 Å². The lowest BCUT2D eigenvalue weighted by Gasteiger charge is -2.14. The monoisotopic (exact) mass is 533 g/mol. The first-order valence-electron chi connectivity index (χ1n) is 13.2. The van der Waals surface area contributed by atoms with Gasteiger partial charge in [0.05, 0.1) is 17.2 Å². The number of aromatic nitrogens is 2. The molecule has 2 heterocycles. The first-order chi connectivity index (χ1) is 18.1. The highest BCUT2D eigenvalue weighted by Crippen LogP contribution is 2.35. The molecule has 4 rings (SSSR count). The zero-order valence-corrected chi connectivity index (χ0v) is 23.3. The van der Waals surface area contributed by atoms with Gasteiger partial charge in [0.2, 0.25) is 0 Å². The van der Waals surface area contributed by atoms with Crippen LogP contribution < -0.4 is 4.74 Å². The van der Waals surface area contributed by atoms with Crippen LogP contribution in [0.3, 0.4) is 0 Å². The molecule has 7 heteroatoms. The number of nitrogens with zero attached hydrogens (tertiary/aromatic N) is 3. The van der Waals surface area contributed by atoms with Crippen LogP contribution >= 0.6 is 24.0 Å². The third kappa shape index (κ3) is 7.11. The number of hydrogen-bond acceptors (Lipinski definition) is 5. The second-order valence-electron chi connectivity index (χ2n) is 9.19. The lowest BCUT2D eigenvalue weighted by molar-refractivity contribution is -0.122. The van der Waals surface area contributed by atoms with Crippen LogP contribution in [0.15, 0.2) is 65.7 Å². The summed E-state index contributed by atoms with van der Waals surface area (Å²) in [5, 5.41) is 4.91. The molecule has 194 valence electrons. The normalized spacial score (nSPS) is 14.6. The van der Waals surface area contributed by atoms with Crippen molar-refractivity contribution >= 4 is 40.3 Å². The van der Waals surface area contributed by atoms with Crippen molar-refractivity contribution in [2.24, 2.45) is 0 Å². The van der Waals surface area contributed by atoms with Gasteiger partial charge in [-0.2, -0.15) is 5.10 Å². The number of rotatable bonds is 13. The first kappa shape index (κ1) is 27.1. The van der Waals surface area contributed by atoms with E-state index in [1.807, 2.05) is 71.6 Å². The van der Waals surface area contributed by atoms with Gasteiger partial charge in [-0.15, -0.1) is 0 Å². The smallest absolute Gasteiger partial charge is 0.266 e. The minimum atomic E-state index is -0.0120. The van der Waals surface area contributed by atoms with Crippen molar-refractivity contribution in [2.45, 2.75) is 58.8 Å². The lowest BCUT2D eigenvalue weighted by Crippen LogP contribution is -2.29. The van der Waals surface area contributed by atoms with E-state index in [-0.39, 0.29) is 5.91 Å². The molecule has 37 heavy (non-hydrogen) atoms. The van der Waals surface area contributed by atoms with Gasteiger partial charge in [0, 0.05) is 23.9 Å². The molecule has 1 fully saturated rings. The Balaban J connectivity index is 1.59. The van der Waals surface area contributed by atoms with Crippen LogP contribution in [0.4, 0.5) is 0 Å². The maximum atomic E-state index is 13.3. The molecule has 0 radical (unpaired) electrons. The van der Waals surface area contributed by atoms with E-state index in [0.29, 0.717) is 22.4 Å². The molecule has 2 aromatic carbocycles. The summed E-state index contributed by atoms with van der Waals surface area (Å²) >= 11 is 6.96. The highest BCUT2D eigenvalue weighted by atomic mass is 32.2. The van der Waals surface area contributed by atoms with Gasteiger partial charge in [-0.25, -0.2) is 4.68 Å². The van der Waals surface area contributed by atoms with Gasteiger partial charge in [-0.05, 0) is 43.2 Å². The van der Waals surface area contributed by atoms with Crippen molar-refractivity contribution in [1.29, 1.82) is 0 Å². The maximum absolute atomic E-state index is 13.3. The number of carbonyl (C=O) groups is 1. The maximum Gasteiger partial charge on any atom is 0.266 e. The Bertz CT molecular complexity index is 1240. The van der Waals surface area contributed by atoms with Gasteiger partial charge < -0.3 is 4.74 Å². The summed E-state index contributed by atoms with van der Waals surface area (Å²) in [6.07, 6.45) is 11.9. The summed E-state index contributed by atoms with van der Waals surface area (Å²) in [5.74, 6) is 0.798. The van der Waals surface area contributed by atoms with E-state index < -0.39 is 0 Å². The highest BCUT2D eigenvalue weighted by Gasteiger charge is 2.32. The molecule has 3 aromatic rings. The molecule has 1 aliphatic heterocycles. The minimum absolute atomic E-state index is 0.0120. The van der Waals surface area contributed by atoms with Crippen LogP contribution in [-0.2, 0) is 4.79 Å². The van der Waals surface area contributed by atoms with Crippen LogP contribution in [0.5, 0.6) is 5.75 Å². The molecular weight excluding hydrogens is 498 g/mol. The summed E-state index contributed by atoms with van der Waals surface area (Å²) < 4.78 is 8.36. The molecule has 0 saturated carbocycles. The predicted molar refractivity (Wildman–Crippen MR) is 158 cm³/mol. The number of para-hydroxylation sites is 1. The Kier molecular flexibility index (Phi) is 9.97. The third-order valence-corrected chi connectivity index (χ3v) is 7.62. The molecule has 0 aliphatic carbocycles. The fourth-order valence-corrected chi connectivity index (χ4v) is 5.57. The Morgan fingerprint density at radius 2 is 1.76 bits per heavy atom. The number of hydrogen-bond donors (Lipinski definition) is 0. The summed E-state index contributed by atoms with van der Waals surface area (Å²) in [4.78, 5) is 15.7. The Morgan fingerprint density at radius 1 is 0.973 bits per heavy atom. The number of thiocarbonyl (C=S) groups is 1. The minimum Gasteiger partial charge on any atom is -0.494 e. The van der Waals surface area contributed by atoms with Crippen molar-refractivity contribution in [3.8, 4) is 22.7 Å². The lowest BCUT2D eigenvalue weighted by atomic mass is 10.1. The largest absolute Gasteiger partial charge is 0.494 e. The van der Waals surface area contributed by atoms with E-state index in [4.69, 9.17) is 22.1 Å². The average Bonchev–Trinajstić information content (AvgIpc) is 3.46. The van der Waals surface area contributed by atoms with Gasteiger partial charge in [-0.1, -0.05) is 100 Å².